The van der Waals surface area contributed by atoms with Crippen LogP contribution >= 0.6 is 0 Å². The Balaban J connectivity index is 2.72. The molecule has 0 unspecified atom stereocenters. The van der Waals surface area contributed by atoms with E-state index >= 15 is 0 Å². The molecule has 6 heteroatoms. The molecule has 2 rings (SSSR count). The van der Waals surface area contributed by atoms with E-state index in [-0.39, 0.29) is 11.5 Å². The van der Waals surface area contributed by atoms with Crippen molar-refractivity contribution in [3.63, 3.8) is 0 Å². The second-order valence-corrected chi connectivity index (χ2v) is 7.58. The molecule has 0 aromatic heterocycles. The molecule has 0 aliphatic carbocycles. The number of rotatable bonds is 2. The van der Waals surface area contributed by atoms with Gasteiger partial charge in [0.2, 0.25) is 9.84 Å². The summed E-state index contributed by atoms with van der Waals surface area (Å²) < 4.78 is 35.2. The SMILES string of the molecule is CCc1cc2c(cc1C(=O)OC)S(=O)(=O)C(C)(C)OC2. The maximum Gasteiger partial charge on any atom is 0.338 e. The van der Waals surface area contributed by atoms with Crippen LogP contribution in [0.25, 0.3) is 0 Å². The molecule has 1 aliphatic rings. The van der Waals surface area contributed by atoms with Gasteiger partial charge in [0, 0.05) is 0 Å². The summed E-state index contributed by atoms with van der Waals surface area (Å²) in [6.45, 7) is 5.14. The predicted molar refractivity (Wildman–Crippen MR) is 73.2 cm³/mol. The molecule has 0 bridgehead atoms. The molecule has 1 aromatic rings. The Morgan fingerprint density at radius 3 is 2.60 bits per heavy atom. The van der Waals surface area contributed by atoms with Crippen molar-refractivity contribution in [3.8, 4) is 0 Å². The maximum atomic E-state index is 12.5. The van der Waals surface area contributed by atoms with Gasteiger partial charge in [-0.05, 0) is 37.5 Å². The highest BCUT2D eigenvalue weighted by molar-refractivity contribution is 7.92. The van der Waals surface area contributed by atoms with Gasteiger partial charge in [0.15, 0.2) is 4.93 Å². The highest BCUT2D eigenvalue weighted by atomic mass is 32.2. The summed E-state index contributed by atoms with van der Waals surface area (Å²) in [6.07, 6.45) is 0.612. The Labute approximate surface area is 118 Å². The zero-order chi connectivity index (χ0) is 15.1. The summed E-state index contributed by atoms with van der Waals surface area (Å²) in [4.78, 5) is 10.7. The van der Waals surface area contributed by atoms with Gasteiger partial charge in [-0.2, -0.15) is 0 Å². The summed E-state index contributed by atoms with van der Waals surface area (Å²) in [6, 6.07) is 3.13. The number of benzene rings is 1. The average Bonchev–Trinajstić information content (AvgIpc) is 2.41. The third-order valence-electron chi connectivity index (χ3n) is 3.58. The minimum absolute atomic E-state index is 0.159. The number of fused-ring (bicyclic) bond motifs is 1. The van der Waals surface area contributed by atoms with E-state index in [1.165, 1.54) is 27.0 Å². The highest BCUT2D eigenvalue weighted by Crippen LogP contribution is 2.36. The largest absolute Gasteiger partial charge is 0.465 e. The van der Waals surface area contributed by atoms with Crippen LogP contribution in [0.4, 0.5) is 0 Å². The first-order chi connectivity index (χ1) is 9.24. The van der Waals surface area contributed by atoms with Gasteiger partial charge in [0.25, 0.3) is 0 Å². The topological polar surface area (TPSA) is 69.7 Å². The van der Waals surface area contributed by atoms with E-state index in [1.54, 1.807) is 6.07 Å². The zero-order valence-electron chi connectivity index (χ0n) is 12.0. The lowest BCUT2D eigenvalue weighted by Crippen LogP contribution is -2.39. The van der Waals surface area contributed by atoms with Crippen LogP contribution in [0.15, 0.2) is 17.0 Å². The molecule has 5 nitrogen and oxygen atoms in total. The number of aryl methyl sites for hydroxylation is 1. The Bertz CT molecular complexity index is 658. The molecule has 1 aromatic carbocycles. The second kappa shape index (κ2) is 4.86. The first-order valence-corrected chi connectivity index (χ1v) is 7.85. The van der Waals surface area contributed by atoms with Crippen LogP contribution in [-0.4, -0.2) is 26.4 Å². The number of ether oxygens (including phenoxy) is 2. The molecular formula is C14H18O5S. The smallest absolute Gasteiger partial charge is 0.338 e. The Kier molecular flexibility index (Phi) is 3.64. The number of hydrogen-bond donors (Lipinski definition) is 0. The van der Waals surface area contributed by atoms with Crippen LogP contribution in [0.2, 0.25) is 0 Å². The Hall–Kier alpha value is -1.40. The fourth-order valence-electron chi connectivity index (χ4n) is 2.23. The van der Waals surface area contributed by atoms with Crippen molar-refractivity contribution in [3.05, 3.63) is 28.8 Å². The van der Waals surface area contributed by atoms with Crippen LogP contribution in [0.5, 0.6) is 0 Å². The maximum absolute atomic E-state index is 12.5. The molecule has 0 N–H and O–H groups in total. The third-order valence-corrected chi connectivity index (χ3v) is 5.96. The molecule has 1 heterocycles. The summed E-state index contributed by atoms with van der Waals surface area (Å²) in [7, 11) is -2.36. The van der Waals surface area contributed by atoms with Crippen molar-refractivity contribution in [2.75, 3.05) is 7.11 Å². The predicted octanol–water partition coefficient (Wildman–Crippen LogP) is 2.08. The van der Waals surface area contributed by atoms with Gasteiger partial charge in [0.1, 0.15) is 0 Å². The monoisotopic (exact) mass is 298 g/mol. The number of carbonyl (C=O) groups excluding carboxylic acids is 1. The van der Waals surface area contributed by atoms with Gasteiger partial charge >= 0.3 is 5.97 Å². The van der Waals surface area contributed by atoms with Crippen molar-refractivity contribution in [2.45, 2.75) is 43.6 Å². The standard InChI is InChI=1S/C14H18O5S/c1-5-9-6-10-8-19-14(2,3)20(16,17)12(10)7-11(9)13(15)18-4/h6-7H,5,8H2,1-4H3. The first-order valence-electron chi connectivity index (χ1n) is 6.37. The van der Waals surface area contributed by atoms with Gasteiger partial charge in [-0.15, -0.1) is 0 Å². The molecule has 0 atom stereocenters. The average molecular weight is 298 g/mol. The van der Waals surface area contributed by atoms with E-state index < -0.39 is 20.7 Å². The molecule has 20 heavy (non-hydrogen) atoms. The first kappa shape index (κ1) is 15.0. The second-order valence-electron chi connectivity index (χ2n) is 5.15. The van der Waals surface area contributed by atoms with Crippen molar-refractivity contribution in [2.24, 2.45) is 0 Å². The number of esters is 1. The van der Waals surface area contributed by atoms with Crippen LogP contribution in [-0.2, 0) is 32.3 Å². The van der Waals surface area contributed by atoms with Crippen molar-refractivity contribution < 1.29 is 22.7 Å². The molecule has 0 saturated carbocycles. The fourth-order valence-corrected chi connectivity index (χ4v) is 3.70. The van der Waals surface area contributed by atoms with Crippen LogP contribution in [0.1, 0.15) is 42.3 Å². The summed E-state index contributed by atoms with van der Waals surface area (Å²) >= 11 is 0. The van der Waals surface area contributed by atoms with Crippen LogP contribution < -0.4 is 0 Å². The fraction of sp³-hybridized carbons (Fsp3) is 0.500. The molecular weight excluding hydrogens is 280 g/mol. The van der Waals surface area contributed by atoms with Gasteiger partial charge < -0.3 is 9.47 Å². The van der Waals surface area contributed by atoms with Gasteiger partial charge in [0.05, 0.1) is 24.2 Å². The lowest BCUT2D eigenvalue weighted by molar-refractivity contribution is 0.0239. The molecule has 0 amide bonds. The lowest BCUT2D eigenvalue weighted by atomic mass is 10.0. The number of hydrogen-bond acceptors (Lipinski definition) is 5. The summed E-state index contributed by atoms with van der Waals surface area (Å²) in [5.41, 5.74) is 1.65. The molecule has 1 aliphatic heterocycles. The van der Waals surface area contributed by atoms with Gasteiger partial charge in [-0.1, -0.05) is 13.0 Å². The van der Waals surface area contributed by atoms with Crippen LogP contribution in [0, 0.1) is 0 Å². The molecule has 0 fully saturated rings. The van der Waals surface area contributed by atoms with Gasteiger partial charge in [-0.25, -0.2) is 13.2 Å². The number of carbonyl (C=O) groups is 1. The van der Waals surface area contributed by atoms with E-state index in [0.717, 1.165) is 5.56 Å². The number of sulfone groups is 1. The van der Waals surface area contributed by atoms with Crippen molar-refractivity contribution in [1.29, 1.82) is 0 Å². The Morgan fingerprint density at radius 1 is 1.40 bits per heavy atom. The zero-order valence-corrected chi connectivity index (χ0v) is 12.8. The summed E-state index contributed by atoms with van der Waals surface area (Å²) in [5.74, 6) is -0.524. The minimum atomic E-state index is -3.64. The summed E-state index contributed by atoms with van der Waals surface area (Å²) in [5, 5.41) is 0. The highest BCUT2D eigenvalue weighted by Gasteiger charge is 2.42. The van der Waals surface area contributed by atoms with Crippen molar-refractivity contribution >= 4 is 15.8 Å². The number of methoxy groups -OCH3 is 1. The lowest BCUT2D eigenvalue weighted by Gasteiger charge is -2.32. The van der Waals surface area contributed by atoms with E-state index in [4.69, 9.17) is 9.47 Å². The van der Waals surface area contributed by atoms with E-state index in [2.05, 4.69) is 0 Å². The third kappa shape index (κ3) is 2.13. The molecule has 110 valence electrons. The minimum Gasteiger partial charge on any atom is -0.465 e. The quantitative estimate of drug-likeness (QED) is 0.782. The van der Waals surface area contributed by atoms with E-state index in [9.17, 15) is 13.2 Å². The van der Waals surface area contributed by atoms with Crippen LogP contribution in [0.3, 0.4) is 0 Å². The molecule has 0 spiro atoms. The normalized spacial score (nSPS) is 19.2. The molecule has 0 radical (unpaired) electrons. The van der Waals surface area contributed by atoms with Crippen molar-refractivity contribution in [1.82, 2.24) is 0 Å². The van der Waals surface area contributed by atoms with E-state index in [1.807, 2.05) is 6.92 Å². The van der Waals surface area contributed by atoms with Gasteiger partial charge in [-0.3, -0.25) is 0 Å². The Morgan fingerprint density at radius 2 is 2.05 bits per heavy atom. The molecule has 0 saturated heterocycles. The van der Waals surface area contributed by atoms with E-state index in [0.29, 0.717) is 17.5 Å².